The maximum absolute atomic E-state index is 11.3. The minimum atomic E-state index is -0.597. The number of benzene rings is 1. The van der Waals surface area contributed by atoms with E-state index < -0.39 is 5.91 Å². The maximum atomic E-state index is 11.3. The second kappa shape index (κ2) is 7.62. The molecule has 0 spiro atoms. The third-order valence-electron chi connectivity index (χ3n) is 5.80. The van der Waals surface area contributed by atoms with Crippen LogP contribution in [0.3, 0.4) is 0 Å². The predicted octanol–water partition coefficient (Wildman–Crippen LogP) is 1.81. The zero-order valence-corrected chi connectivity index (χ0v) is 15.4. The number of hydrogen-bond acceptors (Lipinski definition) is 6. The lowest BCUT2D eigenvalue weighted by Gasteiger charge is -2.20. The second-order valence-corrected chi connectivity index (χ2v) is 7.53. The van der Waals surface area contributed by atoms with Crippen molar-refractivity contribution in [2.75, 3.05) is 24.5 Å². The molecular weight excluding hydrogens is 342 g/mol. The van der Waals surface area contributed by atoms with Crippen LogP contribution < -0.4 is 15.7 Å². The first-order chi connectivity index (χ1) is 13.2. The Morgan fingerprint density at radius 2 is 1.89 bits per heavy atom. The quantitative estimate of drug-likeness (QED) is 0.511. The summed E-state index contributed by atoms with van der Waals surface area (Å²) in [5, 5.41) is 12.4. The molecule has 1 aliphatic heterocycles. The average molecular weight is 367 g/mol. The highest BCUT2D eigenvalue weighted by Crippen LogP contribution is 2.46. The standard InChI is InChI=1S/C20H25N5O2/c1-13(14-5-3-2-4-6-14)7-8-21-18-16-11-25(12-17(16)18)20-22-9-15(10-23-20)19(26)24-27/h2-6,9-10,13,16-18,21,27H,7-8,11-12H2,1H3,(H,24,26). The summed E-state index contributed by atoms with van der Waals surface area (Å²) >= 11 is 0. The molecule has 1 aliphatic carbocycles. The van der Waals surface area contributed by atoms with Crippen molar-refractivity contribution in [1.29, 1.82) is 0 Å². The van der Waals surface area contributed by atoms with E-state index in [0.29, 0.717) is 29.7 Å². The highest BCUT2D eigenvalue weighted by molar-refractivity contribution is 5.92. The number of rotatable bonds is 7. The molecule has 4 rings (SSSR count). The number of hydroxylamine groups is 1. The molecule has 1 saturated carbocycles. The SMILES string of the molecule is CC(CCNC1C2CN(c3ncc(C(=O)NO)cn3)CC21)c1ccccc1. The Hall–Kier alpha value is -2.51. The Morgan fingerprint density at radius 3 is 2.52 bits per heavy atom. The van der Waals surface area contributed by atoms with Gasteiger partial charge in [-0.3, -0.25) is 10.0 Å². The number of hydrogen-bond donors (Lipinski definition) is 3. The number of nitrogens with one attached hydrogen (secondary N) is 2. The minimum absolute atomic E-state index is 0.248. The van der Waals surface area contributed by atoms with Crippen molar-refractivity contribution in [3.05, 3.63) is 53.9 Å². The van der Waals surface area contributed by atoms with Gasteiger partial charge in [-0.15, -0.1) is 0 Å². The van der Waals surface area contributed by atoms with Gasteiger partial charge in [0.2, 0.25) is 5.95 Å². The third-order valence-corrected chi connectivity index (χ3v) is 5.80. The lowest BCUT2D eigenvalue weighted by Crippen LogP contribution is -2.33. The van der Waals surface area contributed by atoms with Gasteiger partial charge in [0, 0.05) is 31.5 Å². The summed E-state index contributed by atoms with van der Waals surface area (Å²) in [6.45, 7) is 5.21. The summed E-state index contributed by atoms with van der Waals surface area (Å²) in [5.74, 6) is 1.92. The summed E-state index contributed by atoms with van der Waals surface area (Å²) in [4.78, 5) is 22.0. The number of nitrogens with zero attached hydrogens (tertiary/aromatic N) is 3. The predicted molar refractivity (Wildman–Crippen MR) is 102 cm³/mol. The van der Waals surface area contributed by atoms with Gasteiger partial charge in [-0.1, -0.05) is 37.3 Å². The molecule has 142 valence electrons. The van der Waals surface area contributed by atoms with Gasteiger partial charge in [0.25, 0.3) is 5.91 Å². The molecule has 0 bridgehead atoms. The van der Waals surface area contributed by atoms with E-state index in [1.807, 2.05) is 0 Å². The van der Waals surface area contributed by atoms with Gasteiger partial charge in [-0.05, 0) is 36.3 Å². The molecule has 3 unspecified atom stereocenters. The fourth-order valence-electron chi connectivity index (χ4n) is 4.07. The Morgan fingerprint density at radius 1 is 1.22 bits per heavy atom. The van der Waals surface area contributed by atoms with Crippen LogP contribution in [0.2, 0.25) is 0 Å². The van der Waals surface area contributed by atoms with Crippen molar-refractivity contribution in [1.82, 2.24) is 20.8 Å². The highest BCUT2D eigenvalue weighted by Gasteiger charge is 2.55. The van der Waals surface area contributed by atoms with Crippen molar-refractivity contribution >= 4 is 11.9 Å². The van der Waals surface area contributed by atoms with E-state index in [4.69, 9.17) is 5.21 Å². The normalized spacial score (nSPS) is 24.4. The Labute approximate surface area is 158 Å². The smallest absolute Gasteiger partial charge is 0.277 e. The lowest BCUT2D eigenvalue weighted by molar-refractivity contribution is 0.0705. The fraction of sp³-hybridized carbons (Fsp3) is 0.450. The summed E-state index contributed by atoms with van der Waals surface area (Å²) < 4.78 is 0. The topological polar surface area (TPSA) is 90.4 Å². The van der Waals surface area contributed by atoms with Gasteiger partial charge in [0.05, 0.1) is 5.56 Å². The van der Waals surface area contributed by atoms with E-state index >= 15 is 0 Å². The van der Waals surface area contributed by atoms with Gasteiger partial charge in [-0.25, -0.2) is 15.4 Å². The van der Waals surface area contributed by atoms with Crippen LogP contribution in [-0.4, -0.2) is 46.8 Å². The van der Waals surface area contributed by atoms with E-state index in [0.717, 1.165) is 26.1 Å². The van der Waals surface area contributed by atoms with Crippen molar-refractivity contribution < 1.29 is 10.0 Å². The highest BCUT2D eigenvalue weighted by atomic mass is 16.5. The van der Waals surface area contributed by atoms with Crippen molar-refractivity contribution in [2.45, 2.75) is 25.3 Å². The molecule has 0 radical (unpaired) electrons. The van der Waals surface area contributed by atoms with E-state index in [9.17, 15) is 4.79 Å². The van der Waals surface area contributed by atoms with Crippen LogP contribution in [-0.2, 0) is 0 Å². The lowest BCUT2D eigenvalue weighted by atomic mass is 9.98. The first-order valence-corrected chi connectivity index (χ1v) is 9.47. The van der Waals surface area contributed by atoms with Gasteiger partial charge >= 0.3 is 0 Å². The largest absolute Gasteiger partial charge is 0.340 e. The van der Waals surface area contributed by atoms with E-state index in [1.165, 1.54) is 18.0 Å². The van der Waals surface area contributed by atoms with Crippen LogP contribution in [0.4, 0.5) is 5.95 Å². The molecule has 2 fully saturated rings. The molecule has 3 atom stereocenters. The monoisotopic (exact) mass is 367 g/mol. The Bertz CT molecular complexity index is 771. The summed E-state index contributed by atoms with van der Waals surface area (Å²) in [6, 6.07) is 11.3. The average Bonchev–Trinajstić information content (AvgIpc) is 3.16. The molecular formula is C20H25N5O2. The van der Waals surface area contributed by atoms with Crippen LogP contribution in [0.15, 0.2) is 42.7 Å². The fourth-order valence-corrected chi connectivity index (χ4v) is 4.07. The van der Waals surface area contributed by atoms with Crippen molar-refractivity contribution in [2.24, 2.45) is 11.8 Å². The van der Waals surface area contributed by atoms with E-state index in [1.54, 1.807) is 5.48 Å². The molecule has 2 heterocycles. The van der Waals surface area contributed by atoms with Crippen LogP contribution in [0.5, 0.6) is 0 Å². The molecule has 3 N–H and O–H groups in total. The van der Waals surface area contributed by atoms with Gasteiger partial charge in [-0.2, -0.15) is 0 Å². The van der Waals surface area contributed by atoms with Crippen LogP contribution in [0.1, 0.15) is 35.2 Å². The Kier molecular flexibility index (Phi) is 5.05. The maximum Gasteiger partial charge on any atom is 0.277 e. The molecule has 2 aliphatic rings. The van der Waals surface area contributed by atoms with Gasteiger partial charge in [0.1, 0.15) is 0 Å². The van der Waals surface area contributed by atoms with Crippen molar-refractivity contribution in [3.63, 3.8) is 0 Å². The first-order valence-electron chi connectivity index (χ1n) is 9.47. The van der Waals surface area contributed by atoms with E-state index in [2.05, 4.69) is 57.4 Å². The molecule has 2 aromatic rings. The summed E-state index contributed by atoms with van der Waals surface area (Å²) in [5.41, 5.74) is 3.23. The molecule has 7 nitrogen and oxygen atoms in total. The number of carbonyl (C=O) groups excluding carboxylic acids is 1. The first kappa shape index (κ1) is 17.9. The zero-order valence-electron chi connectivity index (χ0n) is 15.4. The molecule has 1 aromatic carbocycles. The van der Waals surface area contributed by atoms with E-state index in [-0.39, 0.29) is 5.56 Å². The molecule has 1 amide bonds. The van der Waals surface area contributed by atoms with Crippen LogP contribution in [0.25, 0.3) is 0 Å². The molecule has 1 aromatic heterocycles. The number of aromatic nitrogens is 2. The van der Waals surface area contributed by atoms with Crippen molar-refractivity contribution in [3.8, 4) is 0 Å². The Balaban J connectivity index is 1.21. The third kappa shape index (κ3) is 3.79. The number of fused-ring (bicyclic) bond motifs is 1. The summed E-state index contributed by atoms with van der Waals surface area (Å²) in [7, 11) is 0. The molecule has 1 saturated heterocycles. The number of amides is 1. The van der Waals surface area contributed by atoms with Gasteiger partial charge in [0.15, 0.2) is 0 Å². The summed E-state index contributed by atoms with van der Waals surface area (Å²) in [6.07, 6.45) is 4.03. The van der Waals surface area contributed by atoms with Crippen LogP contribution in [0, 0.1) is 11.8 Å². The number of carbonyl (C=O) groups is 1. The minimum Gasteiger partial charge on any atom is -0.340 e. The van der Waals surface area contributed by atoms with Gasteiger partial charge < -0.3 is 10.2 Å². The number of piperidine rings is 1. The second-order valence-electron chi connectivity index (χ2n) is 7.53. The van der Waals surface area contributed by atoms with Crippen LogP contribution >= 0.6 is 0 Å². The molecule has 7 heteroatoms. The zero-order chi connectivity index (χ0) is 18.8. The number of anilines is 1. The molecule has 27 heavy (non-hydrogen) atoms.